The number of nitrogens with zero attached hydrogens (tertiary/aromatic N) is 1. The minimum atomic E-state index is -0.328. The van der Waals surface area contributed by atoms with Gasteiger partial charge >= 0.3 is 0 Å². The Kier molecular flexibility index (Phi) is 6.70. The lowest BCUT2D eigenvalue weighted by atomic mass is 10.2. The summed E-state index contributed by atoms with van der Waals surface area (Å²) in [5.74, 6) is 0.726. The Morgan fingerprint density at radius 3 is 2.39 bits per heavy atom. The van der Waals surface area contributed by atoms with E-state index >= 15 is 0 Å². The van der Waals surface area contributed by atoms with E-state index in [2.05, 4.69) is 22.7 Å². The zero-order valence-corrected chi connectivity index (χ0v) is 16.4. The van der Waals surface area contributed by atoms with E-state index in [1.807, 2.05) is 42.5 Å². The molecule has 0 heterocycles. The molecule has 1 amide bonds. The summed E-state index contributed by atoms with van der Waals surface area (Å²) in [5.41, 5.74) is 3.90. The Morgan fingerprint density at radius 1 is 0.929 bits per heavy atom. The molecular formula is C22H20N2O3S. The van der Waals surface area contributed by atoms with Crippen molar-refractivity contribution in [1.82, 2.24) is 5.43 Å². The van der Waals surface area contributed by atoms with Gasteiger partial charge in [0.1, 0.15) is 0 Å². The highest BCUT2D eigenvalue weighted by atomic mass is 32.2. The summed E-state index contributed by atoms with van der Waals surface area (Å²) >= 11 is 1.64. The SMILES string of the molecule is COc1ccc(C(=O)N/N=C/c2ccccc2Sc2ccccc2)cc1OC. The normalized spacial score (nSPS) is 10.6. The van der Waals surface area contributed by atoms with Crippen molar-refractivity contribution in [3.8, 4) is 11.5 Å². The number of benzene rings is 3. The van der Waals surface area contributed by atoms with Crippen LogP contribution in [0.5, 0.6) is 11.5 Å². The highest BCUT2D eigenvalue weighted by Gasteiger charge is 2.10. The monoisotopic (exact) mass is 392 g/mol. The fourth-order valence-electron chi connectivity index (χ4n) is 2.50. The molecule has 1 N–H and O–H groups in total. The first-order valence-corrected chi connectivity index (χ1v) is 9.40. The number of nitrogens with one attached hydrogen (secondary N) is 1. The maximum atomic E-state index is 12.4. The number of hydrogen-bond acceptors (Lipinski definition) is 5. The lowest BCUT2D eigenvalue weighted by molar-refractivity contribution is 0.0954. The van der Waals surface area contributed by atoms with Crippen LogP contribution in [-0.2, 0) is 0 Å². The molecule has 0 bridgehead atoms. The van der Waals surface area contributed by atoms with Crippen molar-refractivity contribution in [1.29, 1.82) is 0 Å². The predicted molar refractivity (Wildman–Crippen MR) is 112 cm³/mol. The summed E-state index contributed by atoms with van der Waals surface area (Å²) in [6.07, 6.45) is 1.64. The minimum Gasteiger partial charge on any atom is -0.493 e. The van der Waals surface area contributed by atoms with E-state index in [0.717, 1.165) is 15.4 Å². The Bertz CT molecular complexity index is 975. The number of hydrogen-bond donors (Lipinski definition) is 1. The molecule has 28 heavy (non-hydrogen) atoms. The number of amides is 1. The molecule has 0 unspecified atom stereocenters. The molecule has 0 fully saturated rings. The molecule has 0 aliphatic rings. The van der Waals surface area contributed by atoms with Gasteiger partial charge in [-0.1, -0.05) is 48.2 Å². The fourth-order valence-corrected chi connectivity index (χ4v) is 3.43. The first-order chi connectivity index (χ1) is 13.7. The summed E-state index contributed by atoms with van der Waals surface area (Å²) in [5, 5.41) is 4.11. The third-order valence-corrected chi connectivity index (χ3v) is 5.01. The molecule has 0 aliphatic heterocycles. The standard InChI is InChI=1S/C22H20N2O3S/c1-26-19-13-12-16(14-20(19)27-2)22(25)24-23-15-17-8-6-7-11-21(17)28-18-9-4-3-5-10-18/h3-15H,1-2H3,(H,24,25)/b23-15+. The Balaban J connectivity index is 1.70. The molecule has 142 valence electrons. The molecular weight excluding hydrogens is 372 g/mol. The van der Waals surface area contributed by atoms with Gasteiger partial charge in [0, 0.05) is 20.9 Å². The van der Waals surface area contributed by atoms with Crippen LogP contribution in [0.25, 0.3) is 0 Å². The summed E-state index contributed by atoms with van der Waals surface area (Å²) in [4.78, 5) is 14.5. The van der Waals surface area contributed by atoms with Gasteiger partial charge in [-0.25, -0.2) is 5.43 Å². The molecule has 3 aromatic carbocycles. The van der Waals surface area contributed by atoms with E-state index in [4.69, 9.17) is 9.47 Å². The van der Waals surface area contributed by atoms with Gasteiger partial charge in [0.25, 0.3) is 5.91 Å². The number of ether oxygens (including phenoxy) is 2. The first kappa shape index (κ1) is 19.5. The highest BCUT2D eigenvalue weighted by molar-refractivity contribution is 7.99. The second-order valence-electron chi connectivity index (χ2n) is 5.72. The Morgan fingerprint density at radius 2 is 1.64 bits per heavy atom. The van der Waals surface area contributed by atoms with E-state index in [-0.39, 0.29) is 5.91 Å². The summed E-state index contributed by atoms with van der Waals surface area (Å²) in [6.45, 7) is 0. The summed E-state index contributed by atoms with van der Waals surface area (Å²) in [6, 6.07) is 22.9. The van der Waals surface area contributed by atoms with Crippen LogP contribution in [0.4, 0.5) is 0 Å². The van der Waals surface area contributed by atoms with Crippen LogP contribution in [0, 0.1) is 0 Å². The number of rotatable bonds is 7. The van der Waals surface area contributed by atoms with Crippen LogP contribution in [0.2, 0.25) is 0 Å². The smallest absolute Gasteiger partial charge is 0.271 e. The number of hydrazone groups is 1. The second-order valence-corrected chi connectivity index (χ2v) is 6.84. The van der Waals surface area contributed by atoms with E-state index in [1.54, 1.807) is 43.3 Å². The van der Waals surface area contributed by atoms with Crippen molar-refractivity contribution in [2.24, 2.45) is 5.10 Å². The number of carbonyl (C=O) groups excluding carboxylic acids is 1. The number of carbonyl (C=O) groups is 1. The van der Waals surface area contributed by atoms with Crippen LogP contribution in [0.15, 0.2) is 87.7 Å². The van der Waals surface area contributed by atoms with Crippen molar-refractivity contribution in [2.75, 3.05) is 14.2 Å². The van der Waals surface area contributed by atoms with Gasteiger partial charge in [-0.15, -0.1) is 0 Å². The second kappa shape index (κ2) is 9.62. The van der Waals surface area contributed by atoms with Crippen LogP contribution in [0.3, 0.4) is 0 Å². The van der Waals surface area contributed by atoms with Crippen LogP contribution in [-0.4, -0.2) is 26.3 Å². The lowest BCUT2D eigenvalue weighted by Gasteiger charge is -2.08. The fraction of sp³-hybridized carbons (Fsp3) is 0.0909. The van der Waals surface area contributed by atoms with Gasteiger partial charge < -0.3 is 9.47 Å². The average molecular weight is 392 g/mol. The van der Waals surface area contributed by atoms with E-state index in [1.165, 1.54) is 7.11 Å². The van der Waals surface area contributed by atoms with Gasteiger partial charge in [0.15, 0.2) is 11.5 Å². The molecule has 0 aromatic heterocycles. The largest absolute Gasteiger partial charge is 0.493 e. The van der Waals surface area contributed by atoms with Crippen LogP contribution in [0.1, 0.15) is 15.9 Å². The van der Waals surface area contributed by atoms with E-state index in [9.17, 15) is 4.79 Å². The molecule has 5 nitrogen and oxygen atoms in total. The zero-order valence-electron chi connectivity index (χ0n) is 15.6. The lowest BCUT2D eigenvalue weighted by Crippen LogP contribution is -2.17. The van der Waals surface area contributed by atoms with Crippen LogP contribution >= 0.6 is 11.8 Å². The van der Waals surface area contributed by atoms with Gasteiger partial charge in [-0.3, -0.25) is 4.79 Å². The Hall–Kier alpha value is -3.25. The maximum absolute atomic E-state index is 12.4. The van der Waals surface area contributed by atoms with Gasteiger partial charge in [0.05, 0.1) is 20.4 Å². The first-order valence-electron chi connectivity index (χ1n) is 8.58. The maximum Gasteiger partial charge on any atom is 0.271 e. The van der Waals surface area contributed by atoms with Crippen LogP contribution < -0.4 is 14.9 Å². The van der Waals surface area contributed by atoms with Gasteiger partial charge in [-0.2, -0.15) is 5.10 Å². The third-order valence-electron chi connectivity index (χ3n) is 3.91. The van der Waals surface area contributed by atoms with E-state index < -0.39 is 0 Å². The molecule has 0 atom stereocenters. The predicted octanol–water partition coefficient (Wildman–Crippen LogP) is 4.62. The highest BCUT2D eigenvalue weighted by Crippen LogP contribution is 2.29. The zero-order chi connectivity index (χ0) is 19.8. The molecule has 0 saturated heterocycles. The van der Waals surface area contributed by atoms with Crippen molar-refractivity contribution < 1.29 is 14.3 Å². The quantitative estimate of drug-likeness (QED) is 0.471. The molecule has 0 aliphatic carbocycles. The summed E-state index contributed by atoms with van der Waals surface area (Å²) < 4.78 is 10.4. The molecule has 0 spiro atoms. The van der Waals surface area contributed by atoms with Crippen molar-refractivity contribution in [3.63, 3.8) is 0 Å². The molecule has 3 rings (SSSR count). The van der Waals surface area contributed by atoms with Crippen molar-refractivity contribution in [3.05, 3.63) is 83.9 Å². The van der Waals surface area contributed by atoms with Gasteiger partial charge in [-0.05, 0) is 36.4 Å². The topological polar surface area (TPSA) is 59.9 Å². The minimum absolute atomic E-state index is 0.328. The molecule has 6 heteroatoms. The molecule has 0 radical (unpaired) electrons. The molecule has 3 aromatic rings. The summed E-state index contributed by atoms with van der Waals surface area (Å²) in [7, 11) is 3.08. The van der Waals surface area contributed by atoms with Crippen molar-refractivity contribution in [2.45, 2.75) is 9.79 Å². The van der Waals surface area contributed by atoms with Gasteiger partial charge in [0.2, 0.25) is 0 Å². The number of methoxy groups -OCH3 is 2. The Labute approximate surface area is 168 Å². The van der Waals surface area contributed by atoms with Crippen molar-refractivity contribution >= 4 is 23.9 Å². The third kappa shape index (κ3) is 4.92. The van der Waals surface area contributed by atoms with E-state index in [0.29, 0.717) is 17.1 Å². The molecule has 0 saturated carbocycles. The average Bonchev–Trinajstić information content (AvgIpc) is 2.75.